The molecule has 0 aliphatic rings. The first-order valence-corrected chi connectivity index (χ1v) is 6.03. The molecule has 0 radical (unpaired) electrons. The van der Waals surface area contributed by atoms with Crippen molar-refractivity contribution < 1.29 is 4.74 Å². The zero-order valence-electron chi connectivity index (χ0n) is 10.4. The van der Waals surface area contributed by atoms with Crippen LogP contribution in [0.4, 0.5) is 0 Å². The van der Waals surface area contributed by atoms with Crippen LogP contribution in [0.25, 0.3) is 0 Å². The monoisotopic (exact) mass is 237 g/mol. The second kappa shape index (κ2) is 5.88. The first-order valence-electron chi connectivity index (χ1n) is 6.03. The molecule has 0 aliphatic carbocycles. The molecule has 2 aromatic rings. The van der Waals surface area contributed by atoms with Gasteiger partial charge in [0.15, 0.2) is 0 Å². The van der Waals surface area contributed by atoms with Crippen LogP contribution in [0.1, 0.15) is 23.6 Å². The van der Waals surface area contributed by atoms with E-state index in [2.05, 4.69) is 25.1 Å². The van der Waals surface area contributed by atoms with Crippen molar-refractivity contribution >= 4 is 0 Å². The average molecular weight is 237 g/mol. The van der Waals surface area contributed by atoms with Crippen LogP contribution in [-0.2, 0) is 13.0 Å². The van der Waals surface area contributed by atoms with E-state index in [9.17, 15) is 0 Å². The van der Waals surface area contributed by atoms with Crippen molar-refractivity contribution in [3.05, 3.63) is 65.2 Å². The molecule has 2 aromatic carbocycles. The van der Waals surface area contributed by atoms with Crippen molar-refractivity contribution in [3.63, 3.8) is 0 Å². The van der Waals surface area contributed by atoms with Crippen LogP contribution in [0.5, 0.6) is 5.75 Å². The fourth-order valence-corrected chi connectivity index (χ4v) is 1.86. The summed E-state index contributed by atoms with van der Waals surface area (Å²) >= 11 is 0. The van der Waals surface area contributed by atoms with E-state index >= 15 is 0 Å². The molecule has 0 bridgehead atoms. The Kier molecular flexibility index (Phi) is 3.98. The van der Waals surface area contributed by atoms with Crippen molar-refractivity contribution in [2.45, 2.75) is 20.0 Å². The van der Waals surface area contributed by atoms with Gasteiger partial charge in [0.05, 0.1) is 11.6 Å². The number of hydrogen-bond acceptors (Lipinski definition) is 2. The Bertz CT molecular complexity index is 569. The van der Waals surface area contributed by atoms with E-state index in [0.29, 0.717) is 12.2 Å². The van der Waals surface area contributed by atoms with Crippen LogP contribution in [0.2, 0.25) is 0 Å². The van der Waals surface area contributed by atoms with Crippen molar-refractivity contribution in [3.8, 4) is 11.8 Å². The SMILES string of the molecule is CCc1ccccc1COc1cccc(C#N)c1. The zero-order valence-corrected chi connectivity index (χ0v) is 10.4. The number of nitriles is 1. The molecule has 0 unspecified atom stereocenters. The van der Waals surface area contributed by atoms with E-state index in [1.54, 1.807) is 12.1 Å². The lowest BCUT2D eigenvalue weighted by Crippen LogP contribution is -1.99. The smallest absolute Gasteiger partial charge is 0.121 e. The highest BCUT2D eigenvalue weighted by Gasteiger charge is 2.01. The Morgan fingerprint density at radius 2 is 1.83 bits per heavy atom. The topological polar surface area (TPSA) is 33.0 Å². The van der Waals surface area contributed by atoms with Gasteiger partial charge in [0.1, 0.15) is 12.4 Å². The van der Waals surface area contributed by atoms with Crippen LogP contribution >= 0.6 is 0 Å². The normalized spacial score (nSPS) is 9.78. The summed E-state index contributed by atoms with van der Waals surface area (Å²) in [5.41, 5.74) is 3.12. The summed E-state index contributed by atoms with van der Waals surface area (Å²) in [5.74, 6) is 0.736. The van der Waals surface area contributed by atoms with Gasteiger partial charge in [-0.2, -0.15) is 5.26 Å². The molecule has 2 rings (SSSR count). The van der Waals surface area contributed by atoms with Gasteiger partial charge in [0.2, 0.25) is 0 Å². The molecule has 2 heteroatoms. The maximum atomic E-state index is 8.82. The van der Waals surface area contributed by atoms with Crippen LogP contribution in [0.15, 0.2) is 48.5 Å². The molecule has 0 atom stereocenters. The largest absolute Gasteiger partial charge is 0.489 e. The second-order valence-electron chi connectivity index (χ2n) is 4.05. The Morgan fingerprint density at radius 1 is 1.06 bits per heavy atom. The number of nitrogens with zero attached hydrogens (tertiary/aromatic N) is 1. The van der Waals surface area contributed by atoms with Crippen LogP contribution in [0, 0.1) is 11.3 Å². The highest BCUT2D eigenvalue weighted by Crippen LogP contribution is 2.16. The number of rotatable bonds is 4. The van der Waals surface area contributed by atoms with Crippen molar-refractivity contribution in [1.29, 1.82) is 5.26 Å². The summed E-state index contributed by atoms with van der Waals surface area (Å²) in [6.45, 7) is 2.67. The van der Waals surface area contributed by atoms with Crippen molar-refractivity contribution in [2.75, 3.05) is 0 Å². The summed E-state index contributed by atoms with van der Waals surface area (Å²) in [6, 6.07) is 17.6. The quantitative estimate of drug-likeness (QED) is 0.812. The third-order valence-electron chi connectivity index (χ3n) is 2.86. The van der Waals surface area contributed by atoms with Gasteiger partial charge in [-0.25, -0.2) is 0 Å². The predicted molar refractivity (Wildman–Crippen MR) is 71.3 cm³/mol. The molecular weight excluding hydrogens is 222 g/mol. The maximum absolute atomic E-state index is 8.82. The molecule has 0 saturated carbocycles. The molecular formula is C16H15NO. The highest BCUT2D eigenvalue weighted by atomic mass is 16.5. The number of benzene rings is 2. The molecule has 0 amide bonds. The lowest BCUT2D eigenvalue weighted by atomic mass is 10.1. The molecule has 2 nitrogen and oxygen atoms in total. The number of hydrogen-bond donors (Lipinski definition) is 0. The van der Waals surface area contributed by atoms with Crippen molar-refractivity contribution in [1.82, 2.24) is 0 Å². The molecule has 18 heavy (non-hydrogen) atoms. The van der Waals surface area contributed by atoms with E-state index in [1.807, 2.05) is 24.3 Å². The minimum Gasteiger partial charge on any atom is -0.489 e. The zero-order chi connectivity index (χ0) is 12.8. The third kappa shape index (κ3) is 2.89. The van der Waals surface area contributed by atoms with E-state index in [1.165, 1.54) is 11.1 Å². The summed E-state index contributed by atoms with van der Waals surface area (Å²) in [7, 11) is 0. The fourth-order valence-electron chi connectivity index (χ4n) is 1.86. The summed E-state index contributed by atoms with van der Waals surface area (Å²) in [5, 5.41) is 8.82. The maximum Gasteiger partial charge on any atom is 0.121 e. The molecule has 0 spiro atoms. The van der Waals surface area contributed by atoms with Crippen LogP contribution < -0.4 is 4.74 Å². The number of ether oxygens (including phenoxy) is 1. The van der Waals surface area contributed by atoms with Gasteiger partial charge >= 0.3 is 0 Å². The van der Waals surface area contributed by atoms with Crippen molar-refractivity contribution in [2.24, 2.45) is 0 Å². The first kappa shape index (κ1) is 12.2. The second-order valence-corrected chi connectivity index (χ2v) is 4.05. The minimum absolute atomic E-state index is 0.541. The van der Waals surface area contributed by atoms with Gasteiger partial charge in [0, 0.05) is 0 Å². The van der Waals surface area contributed by atoms with E-state index in [0.717, 1.165) is 12.2 Å². The Hall–Kier alpha value is -2.27. The summed E-state index contributed by atoms with van der Waals surface area (Å²) in [6.07, 6.45) is 0.998. The molecule has 90 valence electrons. The van der Waals surface area contributed by atoms with Gasteiger partial charge in [0.25, 0.3) is 0 Å². The fraction of sp³-hybridized carbons (Fsp3) is 0.188. The molecule has 0 heterocycles. The lowest BCUT2D eigenvalue weighted by Gasteiger charge is -2.09. The van der Waals surface area contributed by atoms with E-state index in [-0.39, 0.29) is 0 Å². The molecule has 0 aromatic heterocycles. The third-order valence-corrected chi connectivity index (χ3v) is 2.86. The first-order chi connectivity index (χ1) is 8.83. The molecule has 0 fully saturated rings. The van der Waals surface area contributed by atoms with Gasteiger partial charge < -0.3 is 4.74 Å². The standard InChI is InChI=1S/C16H15NO/c1-2-14-7-3-4-8-15(14)12-18-16-9-5-6-13(10-16)11-17/h3-10H,2,12H2,1H3. The minimum atomic E-state index is 0.541. The van der Waals surface area contributed by atoms with Crippen LogP contribution in [-0.4, -0.2) is 0 Å². The Morgan fingerprint density at radius 3 is 2.56 bits per heavy atom. The molecule has 0 aliphatic heterocycles. The molecule has 0 saturated heterocycles. The van der Waals surface area contributed by atoms with Gasteiger partial charge in [-0.3, -0.25) is 0 Å². The average Bonchev–Trinajstić information content (AvgIpc) is 2.45. The highest BCUT2D eigenvalue weighted by molar-refractivity contribution is 5.36. The van der Waals surface area contributed by atoms with Crippen LogP contribution in [0.3, 0.4) is 0 Å². The molecule has 0 N–H and O–H groups in total. The summed E-state index contributed by atoms with van der Waals surface area (Å²) < 4.78 is 5.73. The van der Waals surface area contributed by atoms with E-state index in [4.69, 9.17) is 10.00 Å². The lowest BCUT2D eigenvalue weighted by molar-refractivity contribution is 0.305. The van der Waals surface area contributed by atoms with Gasteiger partial charge in [-0.1, -0.05) is 37.3 Å². The van der Waals surface area contributed by atoms with Gasteiger partial charge in [-0.05, 0) is 35.7 Å². The Balaban J connectivity index is 2.09. The Labute approximate surface area is 107 Å². The number of aryl methyl sites for hydroxylation is 1. The predicted octanol–water partition coefficient (Wildman–Crippen LogP) is 3.70. The van der Waals surface area contributed by atoms with Gasteiger partial charge in [-0.15, -0.1) is 0 Å². The van der Waals surface area contributed by atoms with E-state index < -0.39 is 0 Å². The summed E-state index contributed by atoms with van der Waals surface area (Å²) in [4.78, 5) is 0.